The number of aromatic nitrogens is 1. The first-order valence-electron chi connectivity index (χ1n) is 7.01. The monoisotopic (exact) mass is 336 g/mol. The maximum Gasteiger partial charge on any atom is 0.416 e. The van der Waals surface area contributed by atoms with E-state index < -0.39 is 17.6 Å². The highest BCUT2D eigenvalue weighted by atomic mass is 19.4. The van der Waals surface area contributed by atoms with E-state index in [1.165, 1.54) is 12.1 Å². The molecule has 5 nitrogen and oxygen atoms in total. The van der Waals surface area contributed by atoms with Gasteiger partial charge in [0.2, 0.25) is 0 Å². The summed E-state index contributed by atoms with van der Waals surface area (Å²) in [6.07, 6.45) is -1.20. The van der Waals surface area contributed by atoms with Gasteiger partial charge < -0.3 is 5.32 Å². The van der Waals surface area contributed by atoms with Crippen LogP contribution in [0, 0.1) is 0 Å². The van der Waals surface area contributed by atoms with Crippen LogP contribution in [0.2, 0.25) is 0 Å². The summed E-state index contributed by atoms with van der Waals surface area (Å²) in [5.41, 5.74) is 3.07. The summed E-state index contributed by atoms with van der Waals surface area (Å²) in [7, 11) is 0. The Bertz CT molecular complexity index is 730. The van der Waals surface area contributed by atoms with Crippen LogP contribution in [0.3, 0.4) is 0 Å². The molecule has 0 aliphatic heterocycles. The van der Waals surface area contributed by atoms with Crippen LogP contribution >= 0.6 is 0 Å². The number of hydrazone groups is 1. The lowest BCUT2D eigenvalue weighted by molar-refractivity contribution is -0.137. The van der Waals surface area contributed by atoms with Crippen LogP contribution in [0.15, 0.2) is 53.9 Å². The standard InChI is InChI=1S/C16H15F3N4O/c1-11(12-4-3-7-20-9-12)22-23-15(24)10-21-14-6-2-5-13(8-14)16(17,18)19/h2-9,21H,10H2,1H3,(H,23,24)/b22-11+. The molecule has 0 aliphatic rings. The summed E-state index contributed by atoms with van der Waals surface area (Å²) in [6, 6.07) is 8.16. The van der Waals surface area contributed by atoms with Crippen molar-refractivity contribution in [1.29, 1.82) is 0 Å². The summed E-state index contributed by atoms with van der Waals surface area (Å²) in [5, 5.41) is 6.55. The number of halogens is 3. The number of benzene rings is 1. The van der Waals surface area contributed by atoms with Crippen LogP contribution in [0.5, 0.6) is 0 Å². The summed E-state index contributed by atoms with van der Waals surface area (Å²) < 4.78 is 37.8. The summed E-state index contributed by atoms with van der Waals surface area (Å²) in [5.74, 6) is -0.476. The average molecular weight is 336 g/mol. The third kappa shape index (κ3) is 5.08. The van der Waals surface area contributed by atoms with Crippen LogP contribution < -0.4 is 10.7 Å². The van der Waals surface area contributed by atoms with Crippen molar-refractivity contribution in [3.05, 3.63) is 59.9 Å². The second kappa shape index (κ2) is 7.58. The van der Waals surface area contributed by atoms with E-state index in [9.17, 15) is 18.0 Å². The number of rotatable bonds is 5. The molecule has 2 aromatic rings. The zero-order chi connectivity index (χ0) is 17.6. The summed E-state index contributed by atoms with van der Waals surface area (Å²) >= 11 is 0. The van der Waals surface area contributed by atoms with Gasteiger partial charge in [0.25, 0.3) is 5.91 Å². The Morgan fingerprint density at radius 1 is 1.25 bits per heavy atom. The Morgan fingerprint density at radius 2 is 2.04 bits per heavy atom. The molecule has 126 valence electrons. The molecule has 1 aromatic carbocycles. The third-order valence-electron chi connectivity index (χ3n) is 3.07. The molecule has 0 atom stereocenters. The van der Waals surface area contributed by atoms with Crippen molar-refractivity contribution in [2.75, 3.05) is 11.9 Å². The third-order valence-corrected chi connectivity index (χ3v) is 3.07. The topological polar surface area (TPSA) is 66.4 Å². The van der Waals surface area contributed by atoms with E-state index >= 15 is 0 Å². The zero-order valence-corrected chi connectivity index (χ0v) is 12.8. The maximum atomic E-state index is 12.6. The minimum Gasteiger partial charge on any atom is -0.376 e. The van der Waals surface area contributed by atoms with Crippen LogP contribution in [0.4, 0.5) is 18.9 Å². The number of hydrogen-bond donors (Lipinski definition) is 2. The highest BCUT2D eigenvalue weighted by Gasteiger charge is 2.30. The van der Waals surface area contributed by atoms with Crippen molar-refractivity contribution < 1.29 is 18.0 Å². The van der Waals surface area contributed by atoms with E-state index in [0.717, 1.165) is 17.7 Å². The Kier molecular flexibility index (Phi) is 5.51. The van der Waals surface area contributed by atoms with Crippen molar-refractivity contribution in [3.63, 3.8) is 0 Å². The number of amides is 1. The molecule has 1 amide bonds. The molecule has 8 heteroatoms. The van der Waals surface area contributed by atoms with Gasteiger partial charge in [-0.05, 0) is 31.2 Å². The van der Waals surface area contributed by atoms with E-state index in [1.54, 1.807) is 31.5 Å². The highest BCUT2D eigenvalue weighted by molar-refractivity contribution is 5.99. The second-order valence-corrected chi connectivity index (χ2v) is 4.91. The molecule has 0 saturated heterocycles. The molecule has 1 heterocycles. The van der Waals surface area contributed by atoms with E-state index in [1.807, 2.05) is 0 Å². The Labute approximate surface area is 136 Å². The second-order valence-electron chi connectivity index (χ2n) is 4.91. The molecule has 2 rings (SSSR count). The number of carbonyl (C=O) groups is 1. The number of anilines is 1. The molecule has 0 saturated carbocycles. The smallest absolute Gasteiger partial charge is 0.376 e. The molecule has 0 aliphatic carbocycles. The van der Waals surface area contributed by atoms with Gasteiger partial charge in [-0.3, -0.25) is 9.78 Å². The van der Waals surface area contributed by atoms with Crippen molar-refractivity contribution in [2.45, 2.75) is 13.1 Å². The molecular weight excluding hydrogens is 321 g/mol. The van der Waals surface area contributed by atoms with E-state index in [0.29, 0.717) is 5.71 Å². The van der Waals surface area contributed by atoms with Gasteiger partial charge in [0.05, 0.1) is 17.8 Å². The Morgan fingerprint density at radius 3 is 2.71 bits per heavy atom. The largest absolute Gasteiger partial charge is 0.416 e. The van der Waals surface area contributed by atoms with Gasteiger partial charge in [-0.2, -0.15) is 18.3 Å². The van der Waals surface area contributed by atoms with Gasteiger partial charge in [-0.15, -0.1) is 0 Å². The lowest BCUT2D eigenvalue weighted by Gasteiger charge is -2.10. The fourth-order valence-corrected chi connectivity index (χ4v) is 1.81. The molecular formula is C16H15F3N4O. The predicted octanol–water partition coefficient (Wildman–Crippen LogP) is 3.05. The molecule has 0 unspecified atom stereocenters. The maximum absolute atomic E-state index is 12.6. The van der Waals surface area contributed by atoms with Crippen molar-refractivity contribution in [3.8, 4) is 0 Å². The Hall–Kier alpha value is -2.90. The van der Waals surface area contributed by atoms with Crippen LogP contribution in [0.25, 0.3) is 0 Å². The lowest BCUT2D eigenvalue weighted by atomic mass is 10.2. The first kappa shape index (κ1) is 17.5. The number of hydrogen-bond acceptors (Lipinski definition) is 4. The molecule has 0 fully saturated rings. The molecule has 24 heavy (non-hydrogen) atoms. The van der Waals surface area contributed by atoms with E-state index in [-0.39, 0.29) is 12.2 Å². The minimum absolute atomic E-state index is 0.202. The Balaban J connectivity index is 1.90. The number of nitrogens with one attached hydrogen (secondary N) is 2. The van der Waals surface area contributed by atoms with Gasteiger partial charge in [0.1, 0.15) is 0 Å². The first-order valence-corrected chi connectivity index (χ1v) is 7.01. The lowest BCUT2D eigenvalue weighted by Crippen LogP contribution is -2.26. The molecule has 2 N–H and O–H groups in total. The fourth-order valence-electron chi connectivity index (χ4n) is 1.81. The van der Waals surface area contributed by atoms with Gasteiger partial charge in [-0.1, -0.05) is 12.1 Å². The number of pyridine rings is 1. The van der Waals surface area contributed by atoms with Crippen LogP contribution in [0.1, 0.15) is 18.1 Å². The normalized spacial score (nSPS) is 11.9. The number of nitrogens with zero attached hydrogens (tertiary/aromatic N) is 2. The summed E-state index contributed by atoms with van der Waals surface area (Å²) in [6.45, 7) is 1.50. The van der Waals surface area contributed by atoms with Gasteiger partial charge in [-0.25, -0.2) is 5.43 Å². The SMILES string of the molecule is C/C(=N\NC(=O)CNc1cccc(C(F)(F)F)c1)c1cccnc1. The molecule has 0 radical (unpaired) electrons. The zero-order valence-electron chi connectivity index (χ0n) is 12.8. The van der Waals surface area contributed by atoms with Crippen LogP contribution in [-0.2, 0) is 11.0 Å². The molecule has 0 bridgehead atoms. The number of carbonyl (C=O) groups excluding carboxylic acids is 1. The summed E-state index contributed by atoms with van der Waals surface area (Å²) in [4.78, 5) is 15.7. The minimum atomic E-state index is -4.43. The highest BCUT2D eigenvalue weighted by Crippen LogP contribution is 2.30. The predicted molar refractivity (Wildman–Crippen MR) is 84.5 cm³/mol. The van der Waals surface area contributed by atoms with Crippen molar-refractivity contribution >= 4 is 17.3 Å². The van der Waals surface area contributed by atoms with Gasteiger partial charge in [0.15, 0.2) is 0 Å². The van der Waals surface area contributed by atoms with Crippen molar-refractivity contribution in [1.82, 2.24) is 10.4 Å². The van der Waals surface area contributed by atoms with E-state index in [4.69, 9.17) is 0 Å². The van der Waals surface area contributed by atoms with E-state index in [2.05, 4.69) is 20.8 Å². The fraction of sp³-hybridized carbons (Fsp3) is 0.188. The average Bonchev–Trinajstić information content (AvgIpc) is 2.58. The van der Waals surface area contributed by atoms with Gasteiger partial charge in [0, 0.05) is 23.6 Å². The van der Waals surface area contributed by atoms with Gasteiger partial charge >= 0.3 is 6.18 Å². The molecule has 0 spiro atoms. The first-order chi connectivity index (χ1) is 11.4. The van der Waals surface area contributed by atoms with Crippen molar-refractivity contribution in [2.24, 2.45) is 5.10 Å². The van der Waals surface area contributed by atoms with Crippen LogP contribution in [-0.4, -0.2) is 23.1 Å². The quantitative estimate of drug-likeness (QED) is 0.651. The molecule has 1 aromatic heterocycles. The number of alkyl halides is 3.